The largest absolute Gasteiger partial charge is 0.391 e. The summed E-state index contributed by atoms with van der Waals surface area (Å²) in [6.07, 6.45) is -3.82. The van der Waals surface area contributed by atoms with Crippen LogP contribution in [0.3, 0.4) is 0 Å². The van der Waals surface area contributed by atoms with E-state index in [9.17, 15) is 20.3 Å². The summed E-state index contributed by atoms with van der Waals surface area (Å²) < 4.78 is 4.84. The van der Waals surface area contributed by atoms with Crippen LogP contribution in [0.4, 0.5) is 11.4 Å². The minimum absolute atomic E-state index is 0.00810. The Balaban J connectivity index is 3.13. The van der Waals surface area contributed by atoms with Crippen molar-refractivity contribution in [3.8, 4) is 0 Å². The number of hydrogen-bond donors (Lipinski definition) is 4. The molecular weight excluding hydrogens is 304 g/mol. The Hall–Kier alpha value is -1.45. The summed E-state index contributed by atoms with van der Waals surface area (Å²) in [5, 5.41) is 41.8. The minimum atomic E-state index is -1.41. The molecule has 118 valence electrons. The second kappa shape index (κ2) is 7.53. The third-order valence-corrected chi connectivity index (χ3v) is 3.24. The molecule has 4 N–H and O–H groups in total. The van der Waals surface area contributed by atoms with E-state index in [0.717, 1.165) is 0 Å². The highest BCUT2D eigenvalue weighted by molar-refractivity contribution is 6.31. The van der Waals surface area contributed by atoms with Crippen LogP contribution in [0.5, 0.6) is 0 Å². The van der Waals surface area contributed by atoms with Crippen LogP contribution in [0.2, 0.25) is 5.02 Å². The van der Waals surface area contributed by atoms with E-state index < -0.39 is 30.2 Å². The summed E-state index contributed by atoms with van der Waals surface area (Å²) in [7, 11) is 0. The summed E-state index contributed by atoms with van der Waals surface area (Å²) >= 11 is 5.93. The number of aliphatic hydroxyl groups excluding tert-OH is 3. The number of anilines is 1. The number of nitrogens with zero attached hydrogens (tertiary/aromatic N) is 1. The summed E-state index contributed by atoms with van der Waals surface area (Å²) in [6, 6.07) is 2.59. The SMILES string of the molecule is Cc1cc([N+](=O)[O-])c(NC(OCO)C(O)C(C)O)cc1Cl. The van der Waals surface area contributed by atoms with Crippen LogP contribution in [0.15, 0.2) is 12.1 Å². The first-order valence-electron chi connectivity index (χ1n) is 6.07. The maximum atomic E-state index is 11.0. The summed E-state index contributed by atoms with van der Waals surface area (Å²) in [4.78, 5) is 10.4. The minimum Gasteiger partial charge on any atom is -0.391 e. The predicted molar refractivity (Wildman–Crippen MR) is 76.1 cm³/mol. The molecule has 9 heteroatoms. The van der Waals surface area contributed by atoms with Gasteiger partial charge in [0.1, 0.15) is 18.6 Å². The Labute approximate surface area is 126 Å². The molecule has 3 unspecified atom stereocenters. The first-order chi connectivity index (χ1) is 9.77. The average Bonchev–Trinajstić information content (AvgIpc) is 2.40. The zero-order valence-corrected chi connectivity index (χ0v) is 12.2. The highest BCUT2D eigenvalue weighted by atomic mass is 35.5. The number of benzene rings is 1. The van der Waals surface area contributed by atoms with Crippen LogP contribution in [-0.2, 0) is 4.74 Å². The van der Waals surface area contributed by atoms with E-state index >= 15 is 0 Å². The maximum Gasteiger partial charge on any atom is 0.292 e. The van der Waals surface area contributed by atoms with E-state index in [2.05, 4.69) is 5.32 Å². The molecule has 0 saturated heterocycles. The number of halogens is 1. The van der Waals surface area contributed by atoms with E-state index in [4.69, 9.17) is 21.4 Å². The fraction of sp³-hybridized carbons (Fsp3) is 0.500. The van der Waals surface area contributed by atoms with Gasteiger partial charge in [0.15, 0.2) is 6.23 Å². The number of ether oxygens (including phenoxy) is 1. The topological polar surface area (TPSA) is 125 Å². The molecule has 0 radical (unpaired) electrons. The van der Waals surface area contributed by atoms with Gasteiger partial charge in [-0.15, -0.1) is 0 Å². The molecule has 0 aliphatic heterocycles. The van der Waals surface area contributed by atoms with E-state index in [1.54, 1.807) is 6.92 Å². The number of nitrogens with one attached hydrogen (secondary N) is 1. The van der Waals surface area contributed by atoms with Gasteiger partial charge in [0.25, 0.3) is 5.69 Å². The van der Waals surface area contributed by atoms with Crippen molar-refractivity contribution in [1.82, 2.24) is 0 Å². The highest BCUT2D eigenvalue weighted by Crippen LogP contribution is 2.31. The lowest BCUT2D eigenvalue weighted by atomic mass is 10.1. The normalized spacial score (nSPS) is 15.3. The second-order valence-electron chi connectivity index (χ2n) is 4.47. The Kier molecular flexibility index (Phi) is 6.31. The van der Waals surface area contributed by atoms with E-state index in [-0.39, 0.29) is 16.4 Å². The highest BCUT2D eigenvalue weighted by Gasteiger charge is 2.27. The van der Waals surface area contributed by atoms with Crippen LogP contribution >= 0.6 is 11.6 Å². The molecule has 0 heterocycles. The van der Waals surface area contributed by atoms with Gasteiger partial charge in [0, 0.05) is 11.1 Å². The molecule has 0 saturated carbocycles. The number of nitro benzene ring substituents is 1. The predicted octanol–water partition coefficient (Wildman–Crippen LogP) is 1.00. The van der Waals surface area contributed by atoms with Gasteiger partial charge in [-0.1, -0.05) is 11.6 Å². The molecule has 0 aliphatic rings. The van der Waals surface area contributed by atoms with E-state index in [0.29, 0.717) is 5.56 Å². The van der Waals surface area contributed by atoms with Gasteiger partial charge in [0.05, 0.1) is 11.0 Å². The molecule has 21 heavy (non-hydrogen) atoms. The fourth-order valence-electron chi connectivity index (χ4n) is 1.65. The Bertz CT molecular complexity index is 511. The second-order valence-corrected chi connectivity index (χ2v) is 4.87. The standard InChI is InChI=1S/C12H17ClN2O6/c1-6-3-10(15(19)20)9(4-8(6)13)14-12(21-5-16)11(18)7(2)17/h3-4,7,11-12,14,16-18H,5H2,1-2H3. The van der Waals surface area contributed by atoms with Crippen molar-refractivity contribution in [3.63, 3.8) is 0 Å². The molecule has 0 aliphatic carbocycles. The average molecular weight is 321 g/mol. The van der Waals surface area contributed by atoms with Crippen LogP contribution in [0, 0.1) is 17.0 Å². The molecule has 0 aromatic heterocycles. The molecule has 0 fully saturated rings. The molecule has 0 bridgehead atoms. The first kappa shape index (κ1) is 17.6. The van der Waals surface area contributed by atoms with Crippen LogP contribution in [0.25, 0.3) is 0 Å². The fourth-order valence-corrected chi connectivity index (χ4v) is 1.81. The van der Waals surface area contributed by atoms with Gasteiger partial charge in [-0.25, -0.2) is 0 Å². The zero-order valence-electron chi connectivity index (χ0n) is 11.5. The Morgan fingerprint density at radius 3 is 2.57 bits per heavy atom. The van der Waals surface area contributed by atoms with Crippen LogP contribution in [-0.4, -0.2) is 45.5 Å². The molecule has 0 amide bonds. The van der Waals surface area contributed by atoms with Crippen LogP contribution < -0.4 is 5.32 Å². The number of hydrogen-bond acceptors (Lipinski definition) is 7. The third-order valence-electron chi connectivity index (χ3n) is 2.83. The third kappa shape index (κ3) is 4.51. The monoisotopic (exact) mass is 320 g/mol. The lowest BCUT2D eigenvalue weighted by Gasteiger charge is -2.26. The quantitative estimate of drug-likeness (QED) is 0.335. The van der Waals surface area contributed by atoms with Crippen molar-refractivity contribution >= 4 is 23.0 Å². The molecule has 8 nitrogen and oxygen atoms in total. The van der Waals surface area contributed by atoms with Gasteiger partial charge < -0.3 is 25.4 Å². The summed E-state index contributed by atoms with van der Waals surface area (Å²) in [6.45, 7) is 2.19. The lowest BCUT2D eigenvalue weighted by Crippen LogP contribution is -2.43. The van der Waals surface area contributed by atoms with Crippen molar-refractivity contribution in [1.29, 1.82) is 0 Å². The maximum absolute atomic E-state index is 11.0. The van der Waals surface area contributed by atoms with Gasteiger partial charge in [-0.2, -0.15) is 0 Å². The summed E-state index contributed by atoms with van der Waals surface area (Å²) in [5.41, 5.74) is 0.264. The molecule has 1 aromatic carbocycles. The zero-order chi connectivity index (χ0) is 16.2. The Morgan fingerprint density at radius 2 is 2.10 bits per heavy atom. The number of nitro groups is 1. The molecule has 1 aromatic rings. The molecule has 3 atom stereocenters. The number of aryl methyl sites for hydroxylation is 1. The van der Waals surface area contributed by atoms with Crippen molar-refractivity contribution < 1.29 is 25.0 Å². The van der Waals surface area contributed by atoms with Gasteiger partial charge in [0.2, 0.25) is 0 Å². The van der Waals surface area contributed by atoms with Gasteiger partial charge >= 0.3 is 0 Å². The van der Waals surface area contributed by atoms with Crippen molar-refractivity contribution in [3.05, 3.63) is 32.8 Å². The molecular formula is C12H17ClN2O6. The van der Waals surface area contributed by atoms with Gasteiger partial charge in [-0.3, -0.25) is 10.1 Å². The Morgan fingerprint density at radius 1 is 1.48 bits per heavy atom. The summed E-state index contributed by atoms with van der Waals surface area (Å²) in [5.74, 6) is 0. The van der Waals surface area contributed by atoms with Crippen molar-refractivity contribution in [2.45, 2.75) is 32.3 Å². The molecule has 0 spiro atoms. The van der Waals surface area contributed by atoms with Crippen molar-refractivity contribution in [2.75, 3.05) is 12.1 Å². The van der Waals surface area contributed by atoms with Gasteiger partial charge in [-0.05, 0) is 25.5 Å². The number of rotatable bonds is 7. The van der Waals surface area contributed by atoms with E-state index in [1.807, 2.05) is 0 Å². The number of aliphatic hydroxyl groups is 3. The lowest BCUT2D eigenvalue weighted by molar-refractivity contribution is -0.384. The first-order valence-corrected chi connectivity index (χ1v) is 6.45. The van der Waals surface area contributed by atoms with Crippen LogP contribution in [0.1, 0.15) is 12.5 Å². The van der Waals surface area contributed by atoms with E-state index in [1.165, 1.54) is 19.1 Å². The molecule has 1 rings (SSSR count). The van der Waals surface area contributed by atoms with Crippen molar-refractivity contribution in [2.24, 2.45) is 0 Å². The smallest absolute Gasteiger partial charge is 0.292 e.